The molecule has 0 saturated carbocycles. The zero-order valence-corrected chi connectivity index (χ0v) is 10.9. The van der Waals surface area contributed by atoms with E-state index in [1.54, 1.807) is 10.9 Å². The zero-order valence-electron chi connectivity index (χ0n) is 10.9. The number of aromatic nitrogens is 2. The monoisotopic (exact) mass is 252 g/mol. The Morgan fingerprint density at radius 1 is 1.56 bits per heavy atom. The fourth-order valence-corrected chi connectivity index (χ4v) is 1.98. The van der Waals surface area contributed by atoms with Gasteiger partial charge < -0.3 is 15.0 Å². The van der Waals surface area contributed by atoms with Crippen molar-refractivity contribution in [2.24, 2.45) is 7.05 Å². The third-order valence-corrected chi connectivity index (χ3v) is 3.21. The minimum absolute atomic E-state index is 0.139. The molecule has 1 saturated heterocycles. The van der Waals surface area contributed by atoms with E-state index in [0.29, 0.717) is 32.8 Å². The van der Waals surface area contributed by atoms with E-state index in [2.05, 4.69) is 10.4 Å². The SMILES string of the molecule is CC(NCc1ccnn1C)C(=O)N1CCOCC1. The van der Waals surface area contributed by atoms with Crippen LogP contribution in [0.5, 0.6) is 0 Å². The van der Waals surface area contributed by atoms with Crippen LogP contribution < -0.4 is 5.32 Å². The van der Waals surface area contributed by atoms with E-state index in [1.165, 1.54) is 0 Å². The van der Waals surface area contributed by atoms with Crippen molar-refractivity contribution in [2.75, 3.05) is 26.3 Å². The Morgan fingerprint density at radius 2 is 2.28 bits per heavy atom. The average molecular weight is 252 g/mol. The summed E-state index contributed by atoms with van der Waals surface area (Å²) in [5.74, 6) is 0.139. The van der Waals surface area contributed by atoms with Gasteiger partial charge in [0.15, 0.2) is 0 Å². The lowest BCUT2D eigenvalue weighted by atomic mass is 10.2. The molecule has 1 atom stereocenters. The third kappa shape index (κ3) is 3.08. The molecule has 6 nitrogen and oxygen atoms in total. The van der Waals surface area contributed by atoms with Gasteiger partial charge in [-0.3, -0.25) is 9.48 Å². The van der Waals surface area contributed by atoms with Gasteiger partial charge in [-0.05, 0) is 13.0 Å². The van der Waals surface area contributed by atoms with Crippen LogP contribution >= 0.6 is 0 Å². The maximum atomic E-state index is 12.1. The predicted octanol–water partition coefficient (Wildman–Crippen LogP) is -0.243. The first-order chi connectivity index (χ1) is 8.68. The van der Waals surface area contributed by atoms with Crippen LogP contribution in [0.3, 0.4) is 0 Å². The first-order valence-electron chi connectivity index (χ1n) is 6.25. The van der Waals surface area contributed by atoms with E-state index < -0.39 is 0 Å². The van der Waals surface area contributed by atoms with Crippen LogP contribution in [0, 0.1) is 0 Å². The number of carbonyl (C=O) groups excluding carboxylic acids is 1. The molecule has 0 spiro atoms. The molecule has 1 aliphatic rings. The lowest BCUT2D eigenvalue weighted by Gasteiger charge is -2.29. The fourth-order valence-electron chi connectivity index (χ4n) is 1.98. The number of morpholine rings is 1. The van der Waals surface area contributed by atoms with Gasteiger partial charge in [0.1, 0.15) is 0 Å². The second-order valence-corrected chi connectivity index (χ2v) is 4.49. The normalized spacial score (nSPS) is 17.8. The Bertz CT molecular complexity index is 399. The van der Waals surface area contributed by atoms with Crippen molar-refractivity contribution < 1.29 is 9.53 Å². The standard InChI is InChI=1S/C12H20N4O2/c1-10(12(17)16-5-7-18-8-6-16)13-9-11-3-4-14-15(11)2/h3-4,10,13H,5-9H2,1-2H3. The molecule has 18 heavy (non-hydrogen) atoms. The summed E-state index contributed by atoms with van der Waals surface area (Å²) < 4.78 is 7.04. The quantitative estimate of drug-likeness (QED) is 0.803. The summed E-state index contributed by atoms with van der Waals surface area (Å²) in [5.41, 5.74) is 1.07. The molecule has 0 aromatic carbocycles. The van der Waals surface area contributed by atoms with Crippen LogP contribution in [0.1, 0.15) is 12.6 Å². The van der Waals surface area contributed by atoms with Crippen LogP contribution in [0.4, 0.5) is 0 Å². The maximum Gasteiger partial charge on any atom is 0.239 e. The number of nitrogens with one attached hydrogen (secondary N) is 1. The fraction of sp³-hybridized carbons (Fsp3) is 0.667. The van der Waals surface area contributed by atoms with E-state index >= 15 is 0 Å². The van der Waals surface area contributed by atoms with Crippen molar-refractivity contribution >= 4 is 5.91 Å². The van der Waals surface area contributed by atoms with Crippen molar-refractivity contribution in [3.05, 3.63) is 18.0 Å². The summed E-state index contributed by atoms with van der Waals surface area (Å²) in [4.78, 5) is 14.0. The number of hydrogen-bond acceptors (Lipinski definition) is 4. The van der Waals surface area contributed by atoms with Crippen LogP contribution in [-0.2, 0) is 23.1 Å². The highest BCUT2D eigenvalue weighted by Crippen LogP contribution is 2.02. The Kier molecular flexibility index (Phi) is 4.33. The number of hydrogen-bond donors (Lipinski definition) is 1. The third-order valence-electron chi connectivity index (χ3n) is 3.21. The van der Waals surface area contributed by atoms with Gasteiger partial charge in [-0.2, -0.15) is 5.10 Å². The first kappa shape index (κ1) is 13.0. The Balaban J connectivity index is 1.82. The summed E-state index contributed by atoms with van der Waals surface area (Å²) in [6.45, 7) is 5.20. The molecule has 0 bridgehead atoms. The highest BCUT2D eigenvalue weighted by Gasteiger charge is 2.21. The lowest BCUT2D eigenvalue weighted by Crippen LogP contribution is -2.49. The van der Waals surface area contributed by atoms with Gasteiger partial charge in [-0.1, -0.05) is 0 Å². The molecule has 1 unspecified atom stereocenters. The highest BCUT2D eigenvalue weighted by atomic mass is 16.5. The van der Waals surface area contributed by atoms with Crippen LogP contribution in [0.15, 0.2) is 12.3 Å². The van der Waals surface area contributed by atoms with Crippen molar-refractivity contribution in [1.82, 2.24) is 20.0 Å². The van der Waals surface area contributed by atoms with Crippen molar-refractivity contribution in [2.45, 2.75) is 19.5 Å². The Hall–Kier alpha value is -1.40. The molecular formula is C12H20N4O2. The molecule has 1 aliphatic heterocycles. The van der Waals surface area contributed by atoms with Crippen molar-refractivity contribution in [1.29, 1.82) is 0 Å². The lowest BCUT2D eigenvalue weighted by molar-refractivity contribution is -0.137. The van der Waals surface area contributed by atoms with Gasteiger partial charge in [-0.25, -0.2) is 0 Å². The van der Waals surface area contributed by atoms with E-state index in [1.807, 2.05) is 24.9 Å². The van der Waals surface area contributed by atoms with Crippen molar-refractivity contribution in [3.8, 4) is 0 Å². The van der Waals surface area contributed by atoms with E-state index in [4.69, 9.17) is 4.74 Å². The molecule has 1 aromatic rings. The number of ether oxygens (including phenoxy) is 1. The van der Waals surface area contributed by atoms with Gasteiger partial charge in [0, 0.05) is 32.9 Å². The molecule has 1 aromatic heterocycles. The van der Waals surface area contributed by atoms with E-state index in [9.17, 15) is 4.79 Å². The largest absolute Gasteiger partial charge is 0.378 e. The molecular weight excluding hydrogens is 232 g/mol. The average Bonchev–Trinajstić information content (AvgIpc) is 2.81. The van der Waals surface area contributed by atoms with Gasteiger partial charge >= 0.3 is 0 Å². The summed E-state index contributed by atoms with van der Waals surface area (Å²) in [6, 6.07) is 1.76. The number of aryl methyl sites for hydroxylation is 1. The van der Waals surface area contributed by atoms with Gasteiger partial charge in [-0.15, -0.1) is 0 Å². The van der Waals surface area contributed by atoms with Crippen LogP contribution in [-0.4, -0.2) is 52.9 Å². The van der Waals surface area contributed by atoms with E-state index in [0.717, 1.165) is 5.69 Å². The Labute approximate surface area is 107 Å². The smallest absolute Gasteiger partial charge is 0.239 e. The molecule has 6 heteroatoms. The van der Waals surface area contributed by atoms with Crippen LogP contribution in [0.25, 0.3) is 0 Å². The van der Waals surface area contributed by atoms with Gasteiger partial charge in [0.05, 0.1) is 24.9 Å². The molecule has 2 rings (SSSR count). The second kappa shape index (κ2) is 5.97. The summed E-state index contributed by atoms with van der Waals surface area (Å²) in [7, 11) is 1.89. The summed E-state index contributed by atoms with van der Waals surface area (Å²) in [5, 5.41) is 7.32. The number of carbonyl (C=O) groups is 1. The molecule has 1 fully saturated rings. The van der Waals surface area contributed by atoms with Gasteiger partial charge in [0.25, 0.3) is 0 Å². The predicted molar refractivity (Wildman–Crippen MR) is 66.9 cm³/mol. The van der Waals surface area contributed by atoms with Crippen LogP contribution in [0.2, 0.25) is 0 Å². The number of amides is 1. The summed E-state index contributed by atoms with van der Waals surface area (Å²) in [6.07, 6.45) is 1.76. The van der Waals surface area contributed by atoms with Crippen molar-refractivity contribution in [3.63, 3.8) is 0 Å². The first-order valence-corrected chi connectivity index (χ1v) is 6.25. The summed E-state index contributed by atoms with van der Waals surface area (Å²) >= 11 is 0. The zero-order chi connectivity index (χ0) is 13.0. The molecule has 0 radical (unpaired) electrons. The second-order valence-electron chi connectivity index (χ2n) is 4.49. The maximum absolute atomic E-state index is 12.1. The van der Waals surface area contributed by atoms with E-state index in [-0.39, 0.29) is 11.9 Å². The molecule has 2 heterocycles. The Morgan fingerprint density at radius 3 is 2.89 bits per heavy atom. The molecule has 1 amide bonds. The minimum Gasteiger partial charge on any atom is -0.378 e. The molecule has 100 valence electrons. The molecule has 1 N–H and O–H groups in total. The van der Waals surface area contributed by atoms with Gasteiger partial charge in [0.2, 0.25) is 5.91 Å². The number of nitrogens with zero attached hydrogens (tertiary/aromatic N) is 3. The molecule has 0 aliphatic carbocycles. The topological polar surface area (TPSA) is 59.4 Å². The minimum atomic E-state index is -0.182. The number of rotatable bonds is 4. The highest BCUT2D eigenvalue weighted by molar-refractivity contribution is 5.81.